The van der Waals surface area contributed by atoms with Gasteiger partial charge in [-0.1, -0.05) is 18.2 Å². The highest BCUT2D eigenvalue weighted by Gasteiger charge is 2.17. The number of benzene rings is 1. The monoisotopic (exact) mass is 298 g/mol. The molecule has 106 valence electrons. The van der Waals surface area contributed by atoms with Crippen molar-refractivity contribution in [2.24, 2.45) is 0 Å². The summed E-state index contributed by atoms with van der Waals surface area (Å²) >= 11 is 1.51. The number of carboxylic acids is 1. The zero-order valence-electron chi connectivity index (χ0n) is 11.7. The number of hydrogen-bond acceptors (Lipinski definition) is 4. The molecular weight excluding hydrogens is 284 g/mol. The van der Waals surface area contributed by atoms with Crippen LogP contribution in [0.3, 0.4) is 0 Å². The predicted molar refractivity (Wildman–Crippen MR) is 85.8 cm³/mol. The number of anilines is 2. The number of fused-ring (bicyclic) bond motifs is 1. The molecule has 0 amide bonds. The summed E-state index contributed by atoms with van der Waals surface area (Å²) in [7, 11) is 0. The molecule has 0 aliphatic heterocycles. The van der Waals surface area contributed by atoms with E-state index in [1.54, 1.807) is 0 Å². The molecule has 2 N–H and O–H groups in total. The first-order chi connectivity index (χ1) is 10.1. The molecule has 5 heteroatoms. The molecule has 0 saturated carbocycles. The highest BCUT2D eigenvalue weighted by Crippen LogP contribution is 2.35. The number of nitrogens with zero attached hydrogens (tertiary/aromatic N) is 1. The first kappa shape index (κ1) is 13.6. The van der Waals surface area contributed by atoms with Crippen molar-refractivity contribution in [3.8, 4) is 0 Å². The maximum Gasteiger partial charge on any atom is 0.339 e. The molecular formula is C16H14N2O2S. The number of aromatic carboxylic acids is 1. The number of para-hydroxylation sites is 1. The number of carbonyl (C=O) groups is 1. The molecule has 0 saturated heterocycles. The molecule has 0 fully saturated rings. The molecule has 2 aromatic heterocycles. The second kappa shape index (κ2) is 5.18. The Balaban J connectivity index is 2.21. The number of carboxylic acid groups (broad SMARTS) is 1. The largest absolute Gasteiger partial charge is 0.478 e. The molecule has 0 atom stereocenters. The molecule has 0 aliphatic rings. The van der Waals surface area contributed by atoms with Crippen molar-refractivity contribution >= 4 is 38.9 Å². The molecule has 0 radical (unpaired) electrons. The standard InChI is InChI=1S/C16H14N2O2S/c1-9-5-3-4-6-12(9)18-14-11(16(19)20)7-17-13-10(2)8-21-15(13)14/h3-8H,1-2H3,(H,17,18)(H,19,20). The van der Waals surface area contributed by atoms with Crippen LogP contribution in [0.4, 0.5) is 11.4 Å². The number of pyridine rings is 1. The Morgan fingerprint density at radius 2 is 2.00 bits per heavy atom. The minimum absolute atomic E-state index is 0.188. The molecule has 4 nitrogen and oxygen atoms in total. The van der Waals surface area contributed by atoms with Crippen LogP contribution in [0.25, 0.3) is 10.2 Å². The zero-order chi connectivity index (χ0) is 15.0. The Morgan fingerprint density at radius 3 is 2.71 bits per heavy atom. The van der Waals surface area contributed by atoms with Gasteiger partial charge in [0.25, 0.3) is 0 Å². The van der Waals surface area contributed by atoms with Crippen LogP contribution < -0.4 is 5.32 Å². The van der Waals surface area contributed by atoms with Crippen LogP contribution in [-0.2, 0) is 0 Å². The normalized spacial score (nSPS) is 10.8. The van der Waals surface area contributed by atoms with Crippen LogP contribution in [0.15, 0.2) is 35.8 Å². The summed E-state index contributed by atoms with van der Waals surface area (Å²) in [5.41, 5.74) is 4.67. The molecule has 1 aromatic carbocycles. The second-order valence-corrected chi connectivity index (χ2v) is 5.77. The number of nitrogens with one attached hydrogen (secondary N) is 1. The third-order valence-corrected chi connectivity index (χ3v) is 4.50. The van der Waals surface area contributed by atoms with Crippen molar-refractivity contribution < 1.29 is 9.90 Å². The first-order valence-electron chi connectivity index (χ1n) is 6.50. The number of rotatable bonds is 3. The molecule has 0 unspecified atom stereocenters. The van der Waals surface area contributed by atoms with E-state index < -0.39 is 5.97 Å². The fraction of sp³-hybridized carbons (Fsp3) is 0.125. The van der Waals surface area contributed by atoms with E-state index in [9.17, 15) is 9.90 Å². The van der Waals surface area contributed by atoms with Gasteiger partial charge in [0, 0.05) is 11.9 Å². The fourth-order valence-electron chi connectivity index (χ4n) is 2.23. The predicted octanol–water partition coefficient (Wildman–Crippen LogP) is 4.35. The van der Waals surface area contributed by atoms with Crippen LogP contribution in [0.5, 0.6) is 0 Å². The minimum atomic E-state index is -0.980. The molecule has 3 rings (SSSR count). The summed E-state index contributed by atoms with van der Waals surface area (Å²) in [5.74, 6) is -0.980. The molecule has 2 heterocycles. The van der Waals surface area contributed by atoms with Gasteiger partial charge in [-0.25, -0.2) is 4.79 Å². The van der Waals surface area contributed by atoms with E-state index in [1.165, 1.54) is 17.5 Å². The van der Waals surface area contributed by atoms with Crippen LogP contribution in [0.2, 0.25) is 0 Å². The third kappa shape index (κ3) is 2.36. The lowest BCUT2D eigenvalue weighted by atomic mass is 10.1. The van der Waals surface area contributed by atoms with Crippen LogP contribution >= 0.6 is 11.3 Å². The SMILES string of the molecule is Cc1ccccc1Nc1c(C(=O)O)cnc2c(C)csc12. The van der Waals surface area contributed by atoms with Gasteiger partial charge in [0.05, 0.1) is 15.9 Å². The maximum absolute atomic E-state index is 11.5. The van der Waals surface area contributed by atoms with E-state index in [0.29, 0.717) is 5.69 Å². The van der Waals surface area contributed by atoms with Crippen molar-refractivity contribution in [2.45, 2.75) is 13.8 Å². The fourth-order valence-corrected chi connectivity index (χ4v) is 3.24. The Labute approximate surface area is 126 Å². The van der Waals surface area contributed by atoms with Gasteiger partial charge in [0.2, 0.25) is 0 Å². The number of thiophene rings is 1. The van der Waals surface area contributed by atoms with Gasteiger partial charge in [0.1, 0.15) is 5.56 Å². The van der Waals surface area contributed by atoms with Gasteiger partial charge in [-0.15, -0.1) is 11.3 Å². The van der Waals surface area contributed by atoms with Crippen LogP contribution in [0, 0.1) is 13.8 Å². The average molecular weight is 298 g/mol. The lowest BCUT2D eigenvalue weighted by Gasteiger charge is -2.12. The van der Waals surface area contributed by atoms with Gasteiger partial charge in [-0.05, 0) is 36.4 Å². The highest BCUT2D eigenvalue weighted by atomic mass is 32.1. The first-order valence-corrected chi connectivity index (χ1v) is 7.38. The van der Waals surface area contributed by atoms with Crippen molar-refractivity contribution in [1.82, 2.24) is 4.98 Å². The van der Waals surface area contributed by atoms with E-state index >= 15 is 0 Å². The zero-order valence-corrected chi connectivity index (χ0v) is 12.5. The summed E-state index contributed by atoms with van der Waals surface area (Å²) in [6.07, 6.45) is 1.42. The summed E-state index contributed by atoms with van der Waals surface area (Å²) in [5, 5.41) is 14.7. The van der Waals surface area contributed by atoms with E-state index in [-0.39, 0.29) is 5.56 Å². The summed E-state index contributed by atoms with van der Waals surface area (Å²) in [4.78, 5) is 15.7. The summed E-state index contributed by atoms with van der Waals surface area (Å²) < 4.78 is 0.871. The van der Waals surface area contributed by atoms with Gasteiger partial charge >= 0.3 is 5.97 Å². The molecule has 0 bridgehead atoms. The molecule has 3 aromatic rings. The average Bonchev–Trinajstić information content (AvgIpc) is 2.83. The van der Waals surface area contributed by atoms with Crippen molar-refractivity contribution in [3.63, 3.8) is 0 Å². The van der Waals surface area contributed by atoms with E-state index in [2.05, 4.69) is 10.3 Å². The van der Waals surface area contributed by atoms with Gasteiger partial charge in [-0.2, -0.15) is 0 Å². The molecule has 0 aliphatic carbocycles. The number of aromatic nitrogens is 1. The van der Waals surface area contributed by atoms with Crippen molar-refractivity contribution in [2.75, 3.05) is 5.32 Å². The van der Waals surface area contributed by atoms with Crippen molar-refractivity contribution in [1.29, 1.82) is 0 Å². The van der Waals surface area contributed by atoms with Gasteiger partial charge in [-0.3, -0.25) is 4.98 Å². The summed E-state index contributed by atoms with van der Waals surface area (Å²) in [6, 6.07) is 7.80. The minimum Gasteiger partial charge on any atom is -0.478 e. The third-order valence-electron chi connectivity index (χ3n) is 3.40. The second-order valence-electron chi connectivity index (χ2n) is 4.89. The van der Waals surface area contributed by atoms with Crippen LogP contribution in [0.1, 0.15) is 21.5 Å². The lowest BCUT2D eigenvalue weighted by Crippen LogP contribution is -2.04. The number of hydrogen-bond donors (Lipinski definition) is 2. The lowest BCUT2D eigenvalue weighted by molar-refractivity contribution is 0.0698. The van der Waals surface area contributed by atoms with E-state index in [1.807, 2.05) is 43.5 Å². The number of aryl methyl sites for hydroxylation is 2. The van der Waals surface area contributed by atoms with Gasteiger partial charge in [0.15, 0.2) is 0 Å². The van der Waals surface area contributed by atoms with Crippen molar-refractivity contribution in [3.05, 3.63) is 52.5 Å². The quantitative estimate of drug-likeness (QED) is 0.754. The maximum atomic E-state index is 11.5. The Morgan fingerprint density at radius 1 is 1.24 bits per heavy atom. The highest BCUT2D eigenvalue weighted by molar-refractivity contribution is 7.18. The molecule has 21 heavy (non-hydrogen) atoms. The smallest absolute Gasteiger partial charge is 0.339 e. The van der Waals surface area contributed by atoms with Gasteiger partial charge < -0.3 is 10.4 Å². The van der Waals surface area contributed by atoms with E-state index in [0.717, 1.165) is 27.0 Å². The topological polar surface area (TPSA) is 62.2 Å². The molecule has 0 spiro atoms. The Kier molecular flexibility index (Phi) is 3.35. The Hall–Kier alpha value is -2.40. The van der Waals surface area contributed by atoms with E-state index in [4.69, 9.17) is 0 Å². The van der Waals surface area contributed by atoms with Crippen LogP contribution in [-0.4, -0.2) is 16.1 Å². The Bertz CT molecular complexity index is 839. The summed E-state index contributed by atoms with van der Waals surface area (Å²) in [6.45, 7) is 3.96.